The quantitative estimate of drug-likeness (QED) is 0.570. The van der Waals surface area contributed by atoms with Crippen molar-refractivity contribution in [3.8, 4) is 5.69 Å². The molecule has 3 rings (SSSR count). The molecule has 3 aromatic rings. The molecular weight excluding hydrogens is 334 g/mol. The zero-order valence-corrected chi connectivity index (χ0v) is 15.4. The summed E-state index contributed by atoms with van der Waals surface area (Å²) in [6, 6.07) is 7.94. The molecule has 0 fully saturated rings. The molecule has 0 unspecified atom stereocenters. The van der Waals surface area contributed by atoms with Crippen LogP contribution in [0.2, 0.25) is 0 Å². The first-order valence-corrected chi connectivity index (χ1v) is 8.78. The summed E-state index contributed by atoms with van der Waals surface area (Å²) in [5.74, 6) is -1.23. The van der Waals surface area contributed by atoms with Gasteiger partial charge in [-0.2, -0.15) is 0 Å². The van der Waals surface area contributed by atoms with Crippen LogP contribution in [0, 0.1) is 27.7 Å². The zero-order chi connectivity index (χ0) is 18.1. The molecular formula is C19H19N3O2S. The minimum atomic E-state index is -0.671. The molecule has 25 heavy (non-hydrogen) atoms. The Kier molecular flexibility index (Phi) is 4.55. The van der Waals surface area contributed by atoms with Gasteiger partial charge in [0.25, 0.3) is 11.7 Å². The lowest BCUT2D eigenvalue weighted by Crippen LogP contribution is -2.23. The SMILES string of the molecule is Cc1ccc(-n2c(C)cc(C(=O)C(=O)Nc3nccs3)c2C)c(C)c1. The maximum Gasteiger partial charge on any atom is 0.298 e. The number of carbonyl (C=O) groups excluding carboxylic acids is 2. The van der Waals surface area contributed by atoms with E-state index in [9.17, 15) is 9.59 Å². The van der Waals surface area contributed by atoms with Crippen molar-refractivity contribution in [1.29, 1.82) is 0 Å². The van der Waals surface area contributed by atoms with Gasteiger partial charge in [-0.3, -0.25) is 14.9 Å². The lowest BCUT2D eigenvalue weighted by molar-refractivity contribution is -0.112. The van der Waals surface area contributed by atoms with E-state index in [0.717, 1.165) is 22.6 Å². The highest BCUT2D eigenvalue weighted by atomic mass is 32.1. The van der Waals surface area contributed by atoms with Crippen LogP contribution in [0.5, 0.6) is 0 Å². The molecule has 2 aromatic heterocycles. The van der Waals surface area contributed by atoms with E-state index in [2.05, 4.69) is 16.4 Å². The Balaban J connectivity index is 1.96. The number of benzene rings is 1. The van der Waals surface area contributed by atoms with Crippen molar-refractivity contribution in [2.75, 3.05) is 5.32 Å². The average Bonchev–Trinajstić information content (AvgIpc) is 3.16. The van der Waals surface area contributed by atoms with E-state index >= 15 is 0 Å². The van der Waals surface area contributed by atoms with Crippen molar-refractivity contribution >= 4 is 28.2 Å². The third-order valence-electron chi connectivity index (χ3n) is 4.13. The van der Waals surface area contributed by atoms with Crippen LogP contribution in [0.3, 0.4) is 0 Å². The molecule has 1 amide bonds. The molecule has 0 saturated carbocycles. The molecule has 0 aliphatic rings. The molecule has 0 aliphatic heterocycles. The van der Waals surface area contributed by atoms with Crippen LogP contribution in [0.1, 0.15) is 32.9 Å². The van der Waals surface area contributed by atoms with Gasteiger partial charge < -0.3 is 4.57 Å². The number of nitrogens with one attached hydrogen (secondary N) is 1. The van der Waals surface area contributed by atoms with Crippen LogP contribution in [0.4, 0.5) is 5.13 Å². The van der Waals surface area contributed by atoms with Crippen molar-refractivity contribution in [1.82, 2.24) is 9.55 Å². The number of hydrogen-bond donors (Lipinski definition) is 1. The largest absolute Gasteiger partial charge is 0.317 e. The van der Waals surface area contributed by atoms with Crippen molar-refractivity contribution < 1.29 is 9.59 Å². The predicted octanol–water partition coefficient (Wildman–Crippen LogP) is 3.99. The molecule has 0 spiro atoms. The minimum Gasteiger partial charge on any atom is -0.317 e. The van der Waals surface area contributed by atoms with Crippen molar-refractivity contribution in [2.24, 2.45) is 0 Å². The fourth-order valence-corrected chi connectivity index (χ4v) is 3.50. The van der Waals surface area contributed by atoms with Gasteiger partial charge in [-0.05, 0) is 45.4 Å². The predicted molar refractivity (Wildman–Crippen MR) is 99.8 cm³/mol. The molecule has 0 bridgehead atoms. The Morgan fingerprint density at radius 3 is 2.52 bits per heavy atom. The third-order valence-corrected chi connectivity index (χ3v) is 4.82. The third kappa shape index (κ3) is 3.25. The number of anilines is 1. The van der Waals surface area contributed by atoms with Crippen LogP contribution in [0.25, 0.3) is 5.69 Å². The number of ketones is 1. The number of hydrogen-bond acceptors (Lipinski definition) is 4. The Bertz CT molecular complexity index is 955. The monoisotopic (exact) mass is 353 g/mol. The number of Topliss-reactive ketones (excluding diaryl/α,β-unsaturated/α-hetero) is 1. The summed E-state index contributed by atoms with van der Waals surface area (Å²) >= 11 is 1.28. The number of aromatic nitrogens is 2. The van der Waals surface area contributed by atoms with Crippen LogP contribution < -0.4 is 5.32 Å². The lowest BCUT2D eigenvalue weighted by atomic mass is 10.1. The molecule has 0 saturated heterocycles. The Morgan fingerprint density at radius 2 is 1.88 bits per heavy atom. The fraction of sp³-hybridized carbons (Fsp3) is 0.211. The summed E-state index contributed by atoms with van der Waals surface area (Å²) in [4.78, 5) is 28.8. The number of nitrogens with zero attached hydrogens (tertiary/aromatic N) is 2. The van der Waals surface area contributed by atoms with Crippen LogP contribution in [-0.4, -0.2) is 21.2 Å². The van der Waals surface area contributed by atoms with Gasteiger partial charge in [0.2, 0.25) is 0 Å². The van der Waals surface area contributed by atoms with Crippen molar-refractivity contribution in [3.63, 3.8) is 0 Å². The molecule has 1 aromatic carbocycles. The molecule has 0 radical (unpaired) electrons. The smallest absolute Gasteiger partial charge is 0.298 e. The molecule has 0 aliphatic carbocycles. The molecule has 1 N–H and O–H groups in total. The van der Waals surface area contributed by atoms with Gasteiger partial charge in [-0.15, -0.1) is 11.3 Å². The lowest BCUT2D eigenvalue weighted by Gasteiger charge is -2.13. The number of rotatable bonds is 4. The molecule has 0 atom stereocenters. The molecule has 128 valence electrons. The Morgan fingerprint density at radius 1 is 1.12 bits per heavy atom. The van der Waals surface area contributed by atoms with Crippen LogP contribution >= 0.6 is 11.3 Å². The normalized spacial score (nSPS) is 10.7. The van der Waals surface area contributed by atoms with E-state index in [4.69, 9.17) is 0 Å². The van der Waals surface area contributed by atoms with E-state index in [1.807, 2.05) is 44.4 Å². The standard InChI is InChI=1S/C19H19N3O2S/c1-11-5-6-16(12(2)9-11)22-13(3)10-15(14(22)4)17(23)18(24)21-19-20-7-8-25-19/h5-10H,1-4H3,(H,20,21,24). The summed E-state index contributed by atoms with van der Waals surface area (Å²) in [6.45, 7) is 7.87. The van der Waals surface area contributed by atoms with Crippen LogP contribution in [-0.2, 0) is 4.79 Å². The maximum absolute atomic E-state index is 12.6. The second-order valence-electron chi connectivity index (χ2n) is 6.03. The summed E-state index contributed by atoms with van der Waals surface area (Å²) in [5.41, 5.74) is 5.39. The second kappa shape index (κ2) is 6.64. The second-order valence-corrected chi connectivity index (χ2v) is 6.93. The highest BCUT2D eigenvalue weighted by molar-refractivity contribution is 7.13. The topological polar surface area (TPSA) is 64.0 Å². The average molecular weight is 353 g/mol. The molecule has 2 heterocycles. The van der Waals surface area contributed by atoms with Gasteiger partial charge in [0.15, 0.2) is 5.13 Å². The highest BCUT2D eigenvalue weighted by Gasteiger charge is 2.23. The summed E-state index contributed by atoms with van der Waals surface area (Å²) in [6.07, 6.45) is 1.58. The van der Waals surface area contributed by atoms with E-state index in [1.54, 1.807) is 17.6 Å². The fourth-order valence-electron chi connectivity index (χ4n) is 2.98. The zero-order valence-electron chi connectivity index (χ0n) is 14.6. The first-order valence-electron chi connectivity index (χ1n) is 7.90. The number of carbonyl (C=O) groups is 2. The molecule has 5 nitrogen and oxygen atoms in total. The van der Waals surface area contributed by atoms with E-state index in [-0.39, 0.29) is 0 Å². The summed E-state index contributed by atoms with van der Waals surface area (Å²) in [5, 5.41) is 4.70. The van der Waals surface area contributed by atoms with Gasteiger partial charge in [0, 0.05) is 34.2 Å². The van der Waals surface area contributed by atoms with Gasteiger partial charge in [-0.25, -0.2) is 4.98 Å². The number of amides is 1. The summed E-state index contributed by atoms with van der Waals surface area (Å²) < 4.78 is 2.01. The first kappa shape index (κ1) is 17.1. The number of thiazole rings is 1. The maximum atomic E-state index is 12.6. The van der Waals surface area contributed by atoms with Gasteiger partial charge in [0.1, 0.15) is 0 Å². The first-order chi connectivity index (χ1) is 11.9. The number of aryl methyl sites for hydroxylation is 3. The Labute approximate surface area is 150 Å². The van der Waals surface area contributed by atoms with Crippen LogP contribution in [0.15, 0.2) is 35.8 Å². The molecule has 6 heteroatoms. The van der Waals surface area contributed by atoms with Gasteiger partial charge in [-0.1, -0.05) is 17.7 Å². The van der Waals surface area contributed by atoms with Gasteiger partial charge >= 0.3 is 0 Å². The van der Waals surface area contributed by atoms with Gasteiger partial charge in [0.05, 0.1) is 0 Å². The highest BCUT2D eigenvalue weighted by Crippen LogP contribution is 2.24. The van der Waals surface area contributed by atoms with Crippen molar-refractivity contribution in [3.05, 3.63) is 63.9 Å². The van der Waals surface area contributed by atoms with E-state index < -0.39 is 11.7 Å². The van der Waals surface area contributed by atoms with E-state index in [1.165, 1.54) is 16.9 Å². The van der Waals surface area contributed by atoms with E-state index in [0.29, 0.717) is 10.7 Å². The summed E-state index contributed by atoms with van der Waals surface area (Å²) in [7, 11) is 0. The van der Waals surface area contributed by atoms with Crippen molar-refractivity contribution in [2.45, 2.75) is 27.7 Å². The minimum absolute atomic E-state index is 0.409. The Hall–Kier alpha value is -2.73.